The zero-order valence-electron chi connectivity index (χ0n) is 11.2. The number of Topliss-reactive ketones (excluding diaryl/α,β-unsaturated/α-hetero) is 1. The Kier molecular flexibility index (Phi) is 3.72. The molecule has 1 aromatic carbocycles. The molecule has 1 aromatic rings. The minimum atomic E-state index is 0.199. The average Bonchev–Trinajstić information content (AvgIpc) is 2.75. The van der Waals surface area contributed by atoms with Crippen molar-refractivity contribution in [3.8, 4) is 11.5 Å². The maximum atomic E-state index is 12.5. The number of ketones is 1. The number of fused-ring (bicyclic) bond motifs is 1. The monoisotopic (exact) mass is 260 g/mol. The van der Waals surface area contributed by atoms with E-state index in [4.69, 9.17) is 9.47 Å². The van der Waals surface area contributed by atoms with E-state index in [1.54, 1.807) is 0 Å². The number of hydrogen-bond donors (Lipinski definition) is 0. The van der Waals surface area contributed by atoms with Gasteiger partial charge in [0.05, 0.1) is 0 Å². The largest absolute Gasteiger partial charge is 0.486 e. The highest BCUT2D eigenvalue weighted by Crippen LogP contribution is 2.33. The molecule has 3 nitrogen and oxygen atoms in total. The van der Waals surface area contributed by atoms with Gasteiger partial charge in [-0.3, -0.25) is 4.79 Å². The quantitative estimate of drug-likeness (QED) is 0.602. The van der Waals surface area contributed by atoms with Crippen molar-refractivity contribution in [1.29, 1.82) is 0 Å². The van der Waals surface area contributed by atoms with E-state index in [9.17, 15) is 4.79 Å². The van der Waals surface area contributed by atoms with Crippen molar-refractivity contribution in [2.75, 3.05) is 13.2 Å². The Labute approximate surface area is 113 Å². The van der Waals surface area contributed by atoms with E-state index in [0.29, 0.717) is 19.0 Å². The second-order valence-electron chi connectivity index (χ2n) is 5.41. The van der Waals surface area contributed by atoms with Crippen LogP contribution in [0.5, 0.6) is 11.5 Å². The van der Waals surface area contributed by atoms with Crippen LogP contribution in [0.3, 0.4) is 0 Å². The lowest BCUT2D eigenvalue weighted by atomic mass is 9.91. The van der Waals surface area contributed by atoms with Gasteiger partial charge in [-0.05, 0) is 31.0 Å². The summed E-state index contributed by atoms with van der Waals surface area (Å²) in [6, 6.07) is 5.58. The summed E-state index contributed by atoms with van der Waals surface area (Å²) in [5, 5.41) is 0. The summed E-state index contributed by atoms with van der Waals surface area (Å²) in [5.74, 6) is 1.94. The Balaban J connectivity index is 1.78. The van der Waals surface area contributed by atoms with Crippen LogP contribution in [0.15, 0.2) is 18.2 Å². The third-order valence-electron chi connectivity index (χ3n) is 4.05. The molecule has 0 radical (unpaired) electrons. The number of carbonyl (C=O) groups excluding carboxylic acids is 1. The van der Waals surface area contributed by atoms with Crippen molar-refractivity contribution in [2.45, 2.75) is 38.5 Å². The van der Waals surface area contributed by atoms with Crippen LogP contribution in [0.25, 0.3) is 0 Å². The van der Waals surface area contributed by atoms with Gasteiger partial charge in [-0.15, -0.1) is 0 Å². The lowest BCUT2D eigenvalue weighted by Crippen LogP contribution is -2.17. The van der Waals surface area contributed by atoms with E-state index in [1.165, 1.54) is 25.7 Å². The standard InChI is InChI=1S/C16H20O3/c17-16(12-5-3-1-2-4-6-12)13-7-8-14-15(11-13)19-10-9-18-14/h7-8,11-12H,1-6,9-10H2. The smallest absolute Gasteiger partial charge is 0.166 e. The second kappa shape index (κ2) is 5.64. The summed E-state index contributed by atoms with van der Waals surface area (Å²) in [6.45, 7) is 1.15. The van der Waals surface area contributed by atoms with E-state index < -0.39 is 0 Å². The maximum absolute atomic E-state index is 12.5. The lowest BCUT2D eigenvalue weighted by Gasteiger charge is -2.19. The minimum Gasteiger partial charge on any atom is -0.486 e. The van der Waals surface area contributed by atoms with Gasteiger partial charge >= 0.3 is 0 Å². The average molecular weight is 260 g/mol. The van der Waals surface area contributed by atoms with Crippen molar-refractivity contribution in [3.05, 3.63) is 23.8 Å². The molecule has 0 saturated heterocycles. The summed E-state index contributed by atoms with van der Waals surface area (Å²) >= 11 is 0. The van der Waals surface area contributed by atoms with E-state index in [1.807, 2.05) is 18.2 Å². The van der Waals surface area contributed by atoms with Gasteiger partial charge in [0.15, 0.2) is 17.3 Å². The van der Waals surface area contributed by atoms with Crippen LogP contribution in [-0.2, 0) is 0 Å². The molecule has 1 aliphatic heterocycles. The fraction of sp³-hybridized carbons (Fsp3) is 0.562. The summed E-state index contributed by atoms with van der Waals surface area (Å²) < 4.78 is 11.0. The molecule has 0 amide bonds. The molecule has 1 saturated carbocycles. The van der Waals surface area contributed by atoms with Crippen molar-refractivity contribution in [2.24, 2.45) is 5.92 Å². The molecule has 102 valence electrons. The Bertz CT molecular complexity index is 459. The third-order valence-corrected chi connectivity index (χ3v) is 4.05. The fourth-order valence-corrected chi connectivity index (χ4v) is 2.97. The van der Waals surface area contributed by atoms with Crippen LogP contribution < -0.4 is 9.47 Å². The highest BCUT2D eigenvalue weighted by atomic mass is 16.6. The minimum absolute atomic E-state index is 0.199. The van der Waals surface area contributed by atoms with Gasteiger partial charge in [0.1, 0.15) is 13.2 Å². The van der Waals surface area contributed by atoms with Gasteiger partial charge in [-0.1, -0.05) is 25.7 Å². The molecule has 0 aromatic heterocycles. The number of rotatable bonds is 2. The first-order valence-corrected chi connectivity index (χ1v) is 7.28. The third kappa shape index (κ3) is 2.75. The first kappa shape index (κ1) is 12.5. The number of hydrogen-bond acceptors (Lipinski definition) is 3. The van der Waals surface area contributed by atoms with Gasteiger partial charge in [-0.25, -0.2) is 0 Å². The Morgan fingerprint density at radius 2 is 1.63 bits per heavy atom. The normalized spacial score (nSPS) is 19.8. The number of ether oxygens (including phenoxy) is 2. The summed E-state index contributed by atoms with van der Waals surface area (Å²) in [7, 11) is 0. The predicted molar refractivity (Wildman–Crippen MR) is 73.0 cm³/mol. The van der Waals surface area contributed by atoms with Gasteiger partial charge in [-0.2, -0.15) is 0 Å². The molecule has 0 atom stereocenters. The van der Waals surface area contributed by atoms with Crippen molar-refractivity contribution >= 4 is 5.78 Å². The molecule has 0 spiro atoms. The highest BCUT2D eigenvalue weighted by molar-refractivity contribution is 5.98. The molecule has 0 N–H and O–H groups in total. The van der Waals surface area contributed by atoms with Crippen molar-refractivity contribution < 1.29 is 14.3 Å². The second-order valence-corrected chi connectivity index (χ2v) is 5.41. The van der Waals surface area contributed by atoms with Crippen LogP contribution in [0.1, 0.15) is 48.9 Å². The zero-order chi connectivity index (χ0) is 13.1. The molecule has 0 unspecified atom stereocenters. The van der Waals surface area contributed by atoms with Gasteiger partial charge in [0, 0.05) is 11.5 Å². The molecule has 0 bridgehead atoms. The summed E-state index contributed by atoms with van der Waals surface area (Å²) in [5.41, 5.74) is 0.774. The fourth-order valence-electron chi connectivity index (χ4n) is 2.97. The summed E-state index contributed by atoms with van der Waals surface area (Å²) in [4.78, 5) is 12.5. The first-order chi connectivity index (χ1) is 9.34. The van der Waals surface area contributed by atoms with Crippen LogP contribution in [0.4, 0.5) is 0 Å². The molecule has 1 fully saturated rings. The van der Waals surface area contributed by atoms with E-state index in [0.717, 1.165) is 24.2 Å². The Morgan fingerprint density at radius 1 is 0.947 bits per heavy atom. The van der Waals surface area contributed by atoms with Crippen molar-refractivity contribution in [1.82, 2.24) is 0 Å². The Morgan fingerprint density at radius 3 is 2.37 bits per heavy atom. The molecule has 2 aliphatic rings. The summed E-state index contributed by atoms with van der Waals surface area (Å²) in [6.07, 6.45) is 6.97. The zero-order valence-corrected chi connectivity index (χ0v) is 11.2. The van der Waals surface area contributed by atoms with E-state index in [2.05, 4.69) is 0 Å². The maximum Gasteiger partial charge on any atom is 0.166 e. The molecule has 1 heterocycles. The van der Waals surface area contributed by atoms with Crippen molar-refractivity contribution in [3.63, 3.8) is 0 Å². The SMILES string of the molecule is O=C(c1ccc2c(c1)OCCO2)C1CCCCCC1. The van der Waals surface area contributed by atoms with Crippen LogP contribution in [-0.4, -0.2) is 19.0 Å². The molecular formula is C16H20O3. The topological polar surface area (TPSA) is 35.5 Å². The highest BCUT2D eigenvalue weighted by Gasteiger charge is 2.23. The van der Waals surface area contributed by atoms with E-state index >= 15 is 0 Å². The van der Waals surface area contributed by atoms with E-state index in [-0.39, 0.29) is 11.7 Å². The first-order valence-electron chi connectivity index (χ1n) is 7.28. The molecule has 19 heavy (non-hydrogen) atoms. The van der Waals surface area contributed by atoms with Crippen LogP contribution >= 0.6 is 0 Å². The molecule has 3 rings (SSSR count). The number of benzene rings is 1. The Hall–Kier alpha value is -1.51. The van der Waals surface area contributed by atoms with Gasteiger partial charge in [0.2, 0.25) is 0 Å². The molecular weight excluding hydrogens is 240 g/mol. The molecule has 1 aliphatic carbocycles. The van der Waals surface area contributed by atoms with Gasteiger partial charge < -0.3 is 9.47 Å². The predicted octanol–water partition coefficient (Wildman–Crippen LogP) is 3.61. The number of carbonyl (C=O) groups is 1. The van der Waals surface area contributed by atoms with Crippen LogP contribution in [0, 0.1) is 5.92 Å². The lowest BCUT2D eigenvalue weighted by molar-refractivity contribution is 0.0906. The van der Waals surface area contributed by atoms with Gasteiger partial charge in [0.25, 0.3) is 0 Å². The van der Waals surface area contributed by atoms with Crippen LogP contribution in [0.2, 0.25) is 0 Å². The molecule has 3 heteroatoms.